The Morgan fingerprint density at radius 1 is 1.29 bits per heavy atom. The van der Waals surface area contributed by atoms with E-state index in [0.29, 0.717) is 13.1 Å². The van der Waals surface area contributed by atoms with Gasteiger partial charge in [0.25, 0.3) is 0 Å². The van der Waals surface area contributed by atoms with Crippen LogP contribution in [0.3, 0.4) is 0 Å². The Morgan fingerprint density at radius 2 is 1.71 bits per heavy atom. The number of piperazine rings is 1. The van der Waals surface area contributed by atoms with E-state index in [2.05, 4.69) is 0 Å². The Hall–Kier alpha value is -0.970. The molecule has 0 aromatic carbocycles. The average Bonchev–Trinajstić information content (AvgIpc) is 2.01. The molecule has 0 unspecified atom stereocenters. The van der Waals surface area contributed by atoms with E-state index in [1.165, 1.54) is 9.80 Å². The summed E-state index contributed by atoms with van der Waals surface area (Å²) in [6, 6.07) is -0.334. The number of amides is 2. The van der Waals surface area contributed by atoms with Gasteiger partial charge in [-0.3, -0.25) is 4.79 Å². The van der Waals surface area contributed by atoms with Crippen molar-refractivity contribution < 1.29 is 14.7 Å². The summed E-state index contributed by atoms with van der Waals surface area (Å²) in [6.45, 7) is 4.20. The molecule has 80 valence electrons. The van der Waals surface area contributed by atoms with Gasteiger partial charge in [0.15, 0.2) is 0 Å². The molecule has 14 heavy (non-hydrogen) atoms. The zero-order valence-corrected chi connectivity index (χ0v) is 8.86. The fourth-order valence-corrected chi connectivity index (χ4v) is 2.16. The maximum absolute atomic E-state index is 11.0. The highest BCUT2D eigenvalue weighted by atomic mass is 35.5. The number of carbonyl (C=O) groups excluding carboxylic acids is 1. The fourth-order valence-electron chi connectivity index (χ4n) is 1.83. The number of nitrogens with zero attached hydrogens (tertiary/aromatic N) is 2. The zero-order valence-electron chi connectivity index (χ0n) is 8.11. The molecular weight excluding hydrogens is 208 g/mol. The summed E-state index contributed by atoms with van der Waals surface area (Å²) in [7, 11) is 0. The minimum Gasteiger partial charge on any atom is -0.465 e. The second-order valence-corrected chi connectivity index (χ2v) is 3.87. The molecule has 2 atom stereocenters. The van der Waals surface area contributed by atoms with Crippen LogP contribution in [0.25, 0.3) is 0 Å². The van der Waals surface area contributed by atoms with Crippen LogP contribution in [0.4, 0.5) is 9.59 Å². The second-order valence-electron chi connectivity index (χ2n) is 3.55. The van der Waals surface area contributed by atoms with E-state index >= 15 is 0 Å². The van der Waals surface area contributed by atoms with Crippen LogP contribution in [0.15, 0.2) is 0 Å². The summed E-state index contributed by atoms with van der Waals surface area (Å²) >= 11 is 5.39. The van der Waals surface area contributed by atoms with Crippen molar-refractivity contribution in [3.8, 4) is 0 Å². The van der Waals surface area contributed by atoms with Crippen LogP contribution in [-0.4, -0.2) is 51.5 Å². The maximum atomic E-state index is 11.0. The third-order valence-electron chi connectivity index (χ3n) is 2.39. The van der Waals surface area contributed by atoms with Crippen molar-refractivity contribution >= 4 is 23.1 Å². The third-order valence-corrected chi connectivity index (χ3v) is 2.59. The number of rotatable bonds is 0. The molecule has 1 saturated heterocycles. The van der Waals surface area contributed by atoms with Gasteiger partial charge in [-0.2, -0.15) is 0 Å². The first-order valence-electron chi connectivity index (χ1n) is 4.39. The lowest BCUT2D eigenvalue weighted by molar-refractivity contribution is 0.0682. The molecule has 6 heteroatoms. The highest BCUT2D eigenvalue weighted by molar-refractivity contribution is 6.62. The Bertz CT molecular complexity index is 247. The van der Waals surface area contributed by atoms with Crippen molar-refractivity contribution in [3.05, 3.63) is 0 Å². The SMILES string of the molecule is C[C@@H]1CN(C(=O)O)C[C@H](C)N1C(=O)Cl. The average molecular weight is 221 g/mol. The first-order valence-corrected chi connectivity index (χ1v) is 4.77. The van der Waals surface area contributed by atoms with Gasteiger partial charge < -0.3 is 14.9 Å². The Kier molecular flexibility index (Phi) is 3.21. The summed E-state index contributed by atoms with van der Waals surface area (Å²) in [6.07, 6.45) is -0.953. The van der Waals surface area contributed by atoms with Crippen molar-refractivity contribution in [3.63, 3.8) is 0 Å². The van der Waals surface area contributed by atoms with Crippen LogP contribution in [0.2, 0.25) is 0 Å². The molecule has 0 aromatic rings. The summed E-state index contributed by atoms with van der Waals surface area (Å²) in [5, 5.41) is 8.27. The first kappa shape index (κ1) is 11.1. The van der Waals surface area contributed by atoms with E-state index < -0.39 is 11.5 Å². The normalized spacial score (nSPS) is 27.6. The lowest BCUT2D eigenvalue weighted by Gasteiger charge is -2.42. The largest absolute Gasteiger partial charge is 0.465 e. The molecule has 1 aliphatic heterocycles. The Labute approximate surface area is 87.2 Å². The van der Waals surface area contributed by atoms with Crippen LogP contribution in [0, 0.1) is 0 Å². The molecule has 0 bridgehead atoms. The minimum absolute atomic E-state index is 0.167. The number of carbonyl (C=O) groups is 2. The van der Waals surface area contributed by atoms with E-state index in [1.54, 1.807) is 13.8 Å². The zero-order chi connectivity index (χ0) is 10.9. The van der Waals surface area contributed by atoms with Gasteiger partial charge in [-0.15, -0.1) is 0 Å². The highest BCUT2D eigenvalue weighted by Crippen LogP contribution is 2.17. The van der Waals surface area contributed by atoms with Crippen molar-refractivity contribution in [1.82, 2.24) is 9.80 Å². The summed E-state index contributed by atoms with van der Waals surface area (Å²) in [5.74, 6) is 0. The van der Waals surface area contributed by atoms with E-state index in [9.17, 15) is 9.59 Å². The van der Waals surface area contributed by atoms with Gasteiger partial charge in [0.1, 0.15) is 0 Å². The van der Waals surface area contributed by atoms with Gasteiger partial charge in [0.2, 0.25) is 0 Å². The topological polar surface area (TPSA) is 60.9 Å². The molecule has 0 aliphatic carbocycles. The molecule has 0 saturated carbocycles. The summed E-state index contributed by atoms with van der Waals surface area (Å²) in [5.41, 5.74) is 0. The lowest BCUT2D eigenvalue weighted by atomic mass is 10.1. The number of halogens is 1. The number of carboxylic acid groups (broad SMARTS) is 1. The lowest BCUT2D eigenvalue weighted by Crippen LogP contribution is -2.58. The molecule has 2 amide bonds. The predicted octanol–water partition coefficient (Wildman–Crippen LogP) is 1.42. The molecule has 0 radical (unpaired) electrons. The van der Waals surface area contributed by atoms with Crippen LogP contribution < -0.4 is 0 Å². The van der Waals surface area contributed by atoms with Gasteiger partial charge in [-0.25, -0.2) is 4.79 Å². The Morgan fingerprint density at radius 3 is 2.00 bits per heavy atom. The summed E-state index contributed by atoms with van der Waals surface area (Å²) in [4.78, 5) is 24.5. The smallest absolute Gasteiger partial charge is 0.407 e. The highest BCUT2D eigenvalue weighted by Gasteiger charge is 2.33. The standard InChI is InChI=1S/C8H13ClN2O3/c1-5-3-10(8(13)14)4-6(2)11(5)7(9)12/h5-6H,3-4H2,1-2H3,(H,13,14)/t5-,6+. The Balaban J connectivity index is 2.72. The quantitative estimate of drug-likeness (QED) is 0.496. The van der Waals surface area contributed by atoms with Crippen LogP contribution in [0.5, 0.6) is 0 Å². The van der Waals surface area contributed by atoms with Crippen molar-refractivity contribution in [2.75, 3.05) is 13.1 Å². The number of hydrogen-bond donors (Lipinski definition) is 1. The molecule has 1 rings (SSSR count). The van der Waals surface area contributed by atoms with E-state index in [4.69, 9.17) is 16.7 Å². The molecule has 1 aliphatic rings. The molecule has 5 nitrogen and oxygen atoms in total. The summed E-state index contributed by atoms with van der Waals surface area (Å²) < 4.78 is 0. The molecule has 0 aromatic heterocycles. The van der Waals surface area contributed by atoms with Gasteiger partial charge in [0, 0.05) is 25.2 Å². The second kappa shape index (κ2) is 4.04. The van der Waals surface area contributed by atoms with Gasteiger partial charge in [-0.05, 0) is 25.4 Å². The van der Waals surface area contributed by atoms with E-state index in [0.717, 1.165) is 0 Å². The molecule has 1 fully saturated rings. The predicted molar refractivity (Wildman–Crippen MR) is 51.6 cm³/mol. The van der Waals surface area contributed by atoms with Crippen LogP contribution in [-0.2, 0) is 0 Å². The molecule has 0 spiro atoms. The number of hydrogen-bond acceptors (Lipinski definition) is 2. The van der Waals surface area contributed by atoms with Gasteiger partial charge >= 0.3 is 11.5 Å². The van der Waals surface area contributed by atoms with Crippen molar-refractivity contribution in [1.29, 1.82) is 0 Å². The van der Waals surface area contributed by atoms with Crippen LogP contribution >= 0.6 is 11.6 Å². The first-order chi connectivity index (χ1) is 6.43. The third kappa shape index (κ3) is 2.09. The van der Waals surface area contributed by atoms with Gasteiger partial charge in [0.05, 0.1) is 0 Å². The van der Waals surface area contributed by atoms with Crippen LogP contribution in [0.1, 0.15) is 13.8 Å². The molecule has 1 N–H and O–H groups in total. The van der Waals surface area contributed by atoms with E-state index in [-0.39, 0.29) is 12.1 Å². The molecular formula is C8H13ClN2O3. The van der Waals surface area contributed by atoms with E-state index in [1.807, 2.05) is 0 Å². The molecule has 1 heterocycles. The van der Waals surface area contributed by atoms with Gasteiger partial charge in [-0.1, -0.05) is 0 Å². The van der Waals surface area contributed by atoms with Crippen molar-refractivity contribution in [2.45, 2.75) is 25.9 Å². The minimum atomic E-state index is -0.953. The maximum Gasteiger partial charge on any atom is 0.407 e. The van der Waals surface area contributed by atoms with Crippen molar-refractivity contribution in [2.24, 2.45) is 0 Å². The monoisotopic (exact) mass is 220 g/mol. The fraction of sp³-hybridized carbons (Fsp3) is 0.750.